The minimum Gasteiger partial charge on any atom is -0.298 e. The highest BCUT2D eigenvalue weighted by Gasteiger charge is 2.35. The predicted molar refractivity (Wildman–Crippen MR) is 86.6 cm³/mol. The summed E-state index contributed by atoms with van der Waals surface area (Å²) in [5.74, 6) is -0.153. The number of halogens is 1. The van der Waals surface area contributed by atoms with Gasteiger partial charge < -0.3 is 0 Å². The van der Waals surface area contributed by atoms with Crippen LogP contribution in [0.15, 0.2) is 48.9 Å². The van der Waals surface area contributed by atoms with Crippen LogP contribution in [-0.4, -0.2) is 32.6 Å². The van der Waals surface area contributed by atoms with Crippen LogP contribution in [-0.2, 0) is 12.0 Å². The normalized spacial score (nSPS) is 22.0. The van der Waals surface area contributed by atoms with E-state index < -0.39 is 0 Å². The molecular weight excluding hydrogens is 291 g/mol. The fourth-order valence-corrected chi connectivity index (χ4v) is 3.50. The molecule has 0 N–H and O–H groups in total. The Balaban J connectivity index is 1.51. The third-order valence-electron chi connectivity index (χ3n) is 4.83. The first-order valence-corrected chi connectivity index (χ1v) is 7.89. The summed E-state index contributed by atoms with van der Waals surface area (Å²) in [7, 11) is 0. The topological polar surface area (TPSA) is 33.4 Å². The highest BCUT2D eigenvalue weighted by atomic mass is 19.1. The minimum atomic E-state index is -0.153. The van der Waals surface area contributed by atoms with Crippen molar-refractivity contribution in [1.82, 2.24) is 19.5 Å². The number of fused-ring (bicyclic) bond motifs is 1. The molecule has 1 aliphatic heterocycles. The van der Waals surface area contributed by atoms with Crippen molar-refractivity contribution in [2.45, 2.75) is 25.3 Å². The molecular formula is C18H19FN4. The van der Waals surface area contributed by atoms with E-state index in [0.29, 0.717) is 0 Å². The van der Waals surface area contributed by atoms with Crippen molar-refractivity contribution >= 4 is 5.65 Å². The lowest BCUT2D eigenvalue weighted by molar-refractivity contribution is 0.309. The van der Waals surface area contributed by atoms with E-state index in [-0.39, 0.29) is 11.2 Å². The number of nitrogens with zero attached hydrogens (tertiary/aromatic N) is 4. The van der Waals surface area contributed by atoms with E-state index in [0.717, 1.165) is 37.3 Å². The van der Waals surface area contributed by atoms with Crippen LogP contribution in [0.2, 0.25) is 0 Å². The standard InChI is InChI=1S/C18H19FN4/c1-18(15-3-2-4-16(19)10-15)6-8-22(12-18)11-14-5-7-23-17(9-14)20-13-21-23/h2-5,7,9-10,13H,6,8,11-12H2,1H3. The molecule has 1 aromatic carbocycles. The Morgan fingerprint density at radius 3 is 3.04 bits per heavy atom. The number of pyridine rings is 1. The second kappa shape index (κ2) is 5.42. The molecule has 4 rings (SSSR count). The van der Waals surface area contributed by atoms with Crippen LogP contribution < -0.4 is 0 Å². The van der Waals surface area contributed by atoms with Crippen molar-refractivity contribution in [1.29, 1.82) is 0 Å². The largest absolute Gasteiger partial charge is 0.298 e. The van der Waals surface area contributed by atoms with Crippen LogP contribution in [0, 0.1) is 5.82 Å². The molecule has 1 aliphatic rings. The second-order valence-corrected chi connectivity index (χ2v) is 6.63. The van der Waals surface area contributed by atoms with Gasteiger partial charge in [0.2, 0.25) is 0 Å². The van der Waals surface area contributed by atoms with E-state index in [4.69, 9.17) is 0 Å². The van der Waals surface area contributed by atoms with Gasteiger partial charge in [0.15, 0.2) is 5.65 Å². The van der Waals surface area contributed by atoms with Crippen LogP contribution in [0.3, 0.4) is 0 Å². The first-order valence-electron chi connectivity index (χ1n) is 7.89. The molecule has 23 heavy (non-hydrogen) atoms. The Bertz CT molecular complexity index is 844. The zero-order chi connectivity index (χ0) is 15.9. The van der Waals surface area contributed by atoms with E-state index in [2.05, 4.69) is 34.0 Å². The Morgan fingerprint density at radius 1 is 1.26 bits per heavy atom. The molecule has 0 saturated carbocycles. The second-order valence-electron chi connectivity index (χ2n) is 6.63. The van der Waals surface area contributed by atoms with Crippen molar-refractivity contribution in [3.8, 4) is 0 Å². The van der Waals surface area contributed by atoms with Crippen molar-refractivity contribution in [2.75, 3.05) is 13.1 Å². The quantitative estimate of drug-likeness (QED) is 0.745. The van der Waals surface area contributed by atoms with Gasteiger partial charge in [0.1, 0.15) is 12.1 Å². The zero-order valence-corrected chi connectivity index (χ0v) is 13.1. The third-order valence-corrected chi connectivity index (χ3v) is 4.83. The smallest absolute Gasteiger partial charge is 0.155 e. The van der Waals surface area contributed by atoms with Crippen LogP contribution in [0.4, 0.5) is 4.39 Å². The van der Waals surface area contributed by atoms with E-state index in [9.17, 15) is 4.39 Å². The lowest BCUT2D eigenvalue weighted by Gasteiger charge is -2.25. The highest BCUT2D eigenvalue weighted by molar-refractivity contribution is 5.39. The molecule has 5 heteroatoms. The van der Waals surface area contributed by atoms with Gasteiger partial charge in [0, 0.05) is 24.7 Å². The predicted octanol–water partition coefficient (Wildman–Crippen LogP) is 3.03. The lowest BCUT2D eigenvalue weighted by atomic mass is 9.82. The van der Waals surface area contributed by atoms with Crippen molar-refractivity contribution in [3.63, 3.8) is 0 Å². The molecule has 1 atom stereocenters. The molecule has 1 fully saturated rings. The lowest BCUT2D eigenvalue weighted by Crippen LogP contribution is -2.28. The van der Waals surface area contributed by atoms with E-state index in [1.165, 1.54) is 11.6 Å². The van der Waals surface area contributed by atoms with Crippen LogP contribution in [0.25, 0.3) is 5.65 Å². The van der Waals surface area contributed by atoms with Gasteiger partial charge in [-0.1, -0.05) is 19.1 Å². The van der Waals surface area contributed by atoms with Gasteiger partial charge in [-0.2, -0.15) is 5.10 Å². The molecule has 3 heterocycles. The molecule has 118 valence electrons. The number of aromatic nitrogens is 3. The van der Waals surface area contributed by atoms with Gasteiger partial charge in [-0.3, -0.25) is 4.90 Å². The first kappa shape index (κ1) is 14.3. The summed E-state index contributed by atoms with van der Waals surface area (Å²) in [5.41, 5.74) is 3.21. The minimum absolute atomic E-state index is 0.0149. The monoisotopic (exact) mass is 310 g/mol. The molecule has 1 saturated heterocycles. The van der Waals surface area contributed by atoms with Gasteiger partial charge in [-0.05, 0) is 48.4 Å². The van der Waals surface area contributed by atoms with Gasteiger partial charge >= 0.3 is 0 Å². The number of benzene rings is 1. The average molecular weight is 310 g/mol. The summed E-state index contributed by atoms with van der Waals surface area (Å²) in [5, 5.41) is 4.12. The maximum Gasteiger partial charge on any atom is 0.155 e. The fraction of sp³-hybridized carbons (Fsp3) is 0.333. The summed E-state index contributed by atoms with van der Waals surface area (Å²) in [6.45, 7) is 5.07. The molecule has 0 radical (unpaired) electrons. The first-order chi connectivity index (χ1) is 11.1. The number of hydrogen-bond acceptors (Lipinski definition) is 3. The maximum absolute atomic E-state index is 13.5. The summed E-state index contributed by atoms with van der Waals surface area (Å²) < 4.78 is 15.3. The van der Waals surface area contributed by atoms with E-state index in [1.807, 2.05) is 12.3 Å². The fourth-order valence-electron chi connectivity index (χ4n) is 3.50. The number of hydrogen-bond donors (Lipinski definition) is 0. The van der Waals surface area contributed by atoms with Gasteiger partial charge in [-0.25, -0.2) is 13.9 Å². The van der Waals surface area contributed by atoms with Gasteiger partial charge in [0.05, 0.1) is 0 Å². The average Bonchev–Trinajstić information content (AvgIpc) is 3.14. The molecule has 0 aliphatic carbocycles. The third kappa shape index (κ3) is 2.72. The molecule has 3 aromatic rings. The van der Waals surface area contributed by atoms with Crippen LogP contribution in [0.5, 0.6) is 0 Å². The molecule has 1 unspecified atom stereocenters. The maximum atomic E-state index is 13.5. The summed E-state index contributed by atoms with van der Waals surface area (Å²) in [4.78, 5) is 6.66. The Labute approximate surface area is 134 Å². The summed E-state index contributed by atoms with van der Waals surface area (Å²) in [6.07, 6.45) is 4.55. The van der Waals surface area contributed by atoms with E-state index >= 15 is 0 Å². The summed E-state index contributed by atoms with van der Waals surface area (Å²) in [6, 6.07) is 11.2. The zero-order valence-electron chi connectivity index (χ0n) is 13.1. The van der Waals surface area contributed by atoms with Crippen molar-refractivity contribution in [3.05, 3.63) is 65.9 Å². The SMILES string of the molecule is CC1(c2cccc(F)c2)CCN(Cc2ccn3ncnc3c2)C1. The summed E-state index contributed by atoms with van der Waals surface area (Å²) >= 11 is 0. The van der Waals surface area contributed by atoms with Crippen molar-refractivity contribution < 1.29 is 4.39 Å². The Hall–Kier alpha value is -2.27. The molecule has 0 spiro atoms. The molecule has 0 amide bonds. The number of likely N-dealkylation sites (tertiary alicyclic amines) is 1. The molecule has 4 nitrogen and oxygen atoms in total. The van der Waals surface area contributed by atoms with Gasteiger partial charge in [-0.15, -0.1) is 0 Å². The highest BCUT2D eigenvalue weighted by Crippen LogP contribution is 2.35. The van der Waals surface area contributed by atoms with Crippen LogP contribution >= 0.6 is 0 Å². The van der Waals surface area contributed by atoms with Crippen LogP contribution in [0.1, 0.15) is 24.5 Å². The molecule has 2 aromatic heterocycles. The van der Waals surface area contributed by atoms with Gasteiger partial charge in [0.25, 0.3) is 0 Å². The Morgan fingerprint density at radius 2 is 2.17 bits per heavy atom. The molecule has 0 bridgehead atoms. The van der Waals surface area contributed by atoms with Crippen molar-refractivity contribution in [2.24, 2.45) is 0 Å². The Kier molecular flexibility index (Phi) is 3.38. The number of rotatable bonds is 3. The van der Waals surface area contributed by atoms with E-state index in [1.54, 1.807) is 23.0 Å².